The van der Waals surface area contributed by atoms with Gasteiger partial charge in [-0.15, -0.1) is 0 Å². The summed E-state index contributed by atoms with van der Waals surface area (Å²) in [6.45, 7) is 5.00. The van der Waals surface area contributed by atoms with Crippen LogP contribution >= 0.6 is 11.6 Å². The lowest BCUT2D eigenvalue weighted by molar-refractivity contribution is 0.0486. The molecule has 0 aliphatic carbocycles. The summed E-state index contributed by atoms with van der Waals surface area (Å²) in [5, 5.41) is 9.22. The molecular formula is C15H21ClN2O3. The van der Waals surface area contributed by atoms with Crippen LogP contribution in [0.4, 0.5) is 0 Å². The third-order valence-corrected chi connectivity index (χ3v) is 3.75. The number of benzene rings is 1. The monoisotopic (exact) mass is 312 g/mol. The van der Waals surface area contributed by atoms with Gasteiger partial charge in [0, 0.05) is 43.3 Å². The number of aliphatic hydroxyl groups is 1. The van der Waals surface area contributed by atoms with Gasteiger partial charge in [-0.25, -0.2) is 0 Å². The van der Waals surface area contributed by atoms with Crippen molar-refractivity contribution in [1.82, 2.24) is 9.80 Å². The van der Waals surface area contributed by atoms with Crippen LogP contribution in [0, 0.1) is 0 Å². The van der Waals surface area contributed by atoms with E-state index < -0.39 is 0 Å². The van der Waals surface area contributed by atoms with Gasteiger partial charge < -0.3 is 14.7 Å². The summed E-state index contributed by atoms with van der Waals surface area (Å²) in [6.07, 6.45) is 0. The minimum atomic E-state index is 0.0358. The van der Waals surface area contributed by atoms with Crippen LogP contribution in [-0.4, -0.2) is 73.4 Å². The first kappa shape index (κ1) is 16.2. The summed E-state index contributed by atoms with van der Waals surface area (Å²) in [4.78, 5) is 16.5. The van der Waals surface area contributed by atoms with Gasteiger partial charge >= 0.3 is 0 Å². The Morgan fingerprint density at radius 3 is 2.67 bits per heavy atom. The molecule has 1 amide bonds. The zero-order valence-electron chi connectivity index (χ0n) is 12.0. The van der Waals surface area contributed by atoms with Gasteiger partial charge in [0.1, 0.15) is 0 Å². The maximum absolute atomic E-state index is 12.4. The molecule has 0 spiro atoms. The normalized spacial score (nSPS) is 16.2. The van der Waals surface area contributed by atoms with Gasteiger partial charge in [0.2, 0.25) is 0 Å². The van der Waals surface area contributed by atoms with Gasteiger partial charge in [-0.1, -0.05) is 17.7 Å². The van der Waals surface area contributed by atoms with Crippen molar-refractivity contribution < 1.29 is 14.6 Å². The number of ether oxygens (including phenoxy) is 1. The standard InChI is InChI=1S/C15H21ClN2O3/c16-14-3-1-2-13(12-14)15(20)18-6-4-17(5-7-18)8-10-21-11-9-19/h1-3,12,19H,4-11H2. The highest BCUT2D eigenvalue weighted by Gasteiger charge is 2.21. The Balaban J connectivity index is 1.77. The Bertz CT molecular complexity index is 462. The Kier molecular flexibility index (Phi) is 6.45. The maximum atomic E-state index is 12.4. The highest BCUT2D eigenvalue weighted by molar-refractivity contribution is 6.30. The topological polar surface area (TPSA) is 53.0 Å². The predicted octanol–water partition coefficient (Wildman–Crippen LogP) is 1.11. The van der Waals surface area contributed by atoms with E-state index in [2.05, 4.69) is 4.90 Å². The molecule has 116 valence electrons. The van der Waals surface area contributed by atoms with E-state index in [9.17, 15) is 4.79 Å². The Morgan fingerprint density at radius 2 is 2.00 bits per heavy atom. The van der Waals surface area contributed by atoms with Crippen molar-refractivity contribution in [3.63, 3.8) is 0 Å². The number of aliphatic hydroxyl groups excluding tert-OH is 1. The lowest BCUT2D eigenvalue weighted by Crippen LogP contribution is -2.49. The quantitative estimate of drug-likeness (QED) is 0.800. The number of halogens is 1. The van der Waals surface area contributed by atoms with Crippen LogP contribution in [0.25, 0.3) is 0 Å². The number of piperazine rings is 1. The summed E-state index contributed by atoms with van der Waals surface area (Å²) in [6, 6.07) is 7.06. The number of rotatable bonds is 6. The largest absolute Gasteiger partial charge is 0.394 e. The van der Waals surface area contributed by atoms with Crippen LogP contribution in [0.3, 0.4) is 0 Å². The molecule has 6 heteroatoms. The number of nitrogens with zero attached hydrogens (tertiary/aromatic N) is 2. The molecule has 0 radical (unpaired) electrons. The molecular weight excluding hydrogens is 292 g/mol. The number of hydrogen-bond donors (Lipinski definition) is 1. The van der Waals surface area contributed by atoms with Gasteiger partial charge in [0.05, 0.1) is 19.8 Å². The van der Waals surface area contributed by atoms with Crippen LogP contribution < -0.4 is 0 Å². The number of amides is 1. The van der Waals surface area contributed by atoms with Crippen molar-refractivity contribution in [2.45, 2.75) is 0 Å². The minimum Gasteiger partial charge on any atom is -0.394 e. The number of hydrogen-bond acceptors (Lipinski definition) is 4. The Labute approximate surface area is 130 Å². The third kappa shape index (κ3) is 4.97. The maximum Gasteiger partial charge on any atom is 0.253 e. The molecule has 1 heterocycles. The van der Waals surface area contributed by atoms with E-state index in [1.54, 1.807) is 24.3 Å². The second kappa shape index (κ2) is 8.34. The summed E-state index contributed by atoms with van der Waals surface area (Å²) < 4.78 is 5.26. The summed E-state index contributed by atoms with van der Waals surface area (Å²) in [5.74, 6) is 0.0358. The van der Waals surface area contributed by atoms with Crippen molar-refractivity contribution in [1.29, 1.82) is 0 Å². The van der Waals surface area contributed by atoms with E-state index in [-0.39, 0.29) is 12.5 Å². The van der Waals surface area contributed by atoms with Gasteiger partial charge in [-0.3, -0.25) is 9.69 Å². The molecule has 0 aromatic heterocycles. The molecule has 0 unspecified atom stereocenters. The van der Waals surface area contributed by atoms with Crippen LogP contribution in [-0.2, 0) is 4.74 Å². The zero-order valence-corrected chi connectivity index (χ0v) is 12.8. The molecule has 2 rings (SSSR count). The molecule has 1 aliphatic heterocycles. The molecule has 1 aromatic rings. The van der Waals surface area contributed by atoms with Crippen molar-refractivity contribution >= 4 is 17.5 Å². The van der Waals surface area contributed by atoms with Crippen LogP contribution in [0.2, 0.25) is 5.02 Å². The molecule has 5 nitrogen and oxygen atoms in total. The van der Waals surface area contributed by atoms with Crippen molar-refractivity contribution in [2.24, 2.45) is 0 Å². The van der Waals surface area contributed by atoms with Gasteiger partial charge in [-0.05, 0) is 18.2 Å². The average Bonchev–Trinajstić information content (AvgIpc) is 2.51. The molecule has 1 fully saturated rings. The number of carbonyl (C=O) groups excluding carboxylic acids is 1. The Hall–Kier alpha value is -1.14. The molecule has 21 heavy (non-hydrogen) atoms. The summed E-state index contributed by atoms with van der Waals surface area (Å²) in [5.41, 5.74) is 0.641. The van der Waals surface area contributed by atoms with Crippen LogP contribution in [0.5, 0.6) is 0 Å². The fourth-order valence-electron chi connectivity index (χ4n) is 2.34. The lowest BCUT2D eigenvalue weighted by Gasteiger charge is -2.34. The van der Waals surface area contributed by atoms with Crippen molar-refractivity contribution in [3.8, 4) is 0 Å². The molecule has 0 atom stereocenters. The Morgan fingerprint density at radius 1 is 1.24 bits per heavy atom. The molecule has 1 N–H and O–H groups in total. The van der Waals surface area contributed by atoms with E-state index in [4.69, 9.17) is 21.4 Å². The van der Waals surface area contributed by atoms with Crippen molar-refractivity contribution in [2.75, 3.05) is 52.5 Å². The highest BCUT2D eigenvalue weighted by Crippen LogP contribution is 2.14. The second-order valence-electron chi connectivity index (χ2n) is 4.98. The van der Waals surface area contributed by atoms with Gasteiger partial charge in [-0.2, -0.15) is 0 Å². The fourth-order valence-corrected chi connectivity index (χ4v) is 2.53. The smallest absolute Gasteiger partial charge is 0.253 e. The SMILES string of the molecule is O=C(c1cccc(Cl)c1)N1CCN(CCOCCO)CC1. The van der Waals surface area contributed by atoms with E-state index in [0.717, 1.165) is 19.6 Å². The van der Waals surface area contributed by atoms with E-state index in [1.165, 1.54) is 0 Å². The summed E-state index contributed by atoms with van der Waals surface area (Å²) in [7, 11) is 0. The van der Waals surface area contributed by atoms with Crippen LogP contribution in [0.15, 0.2) is 24.3 Å². The van der Waals surface area contributed by atoms with E-state index >= 15 is 0 Å². The molecule has 0 bridgehead atoms. The molecule has 1 aromatic carbocycles. The first-order valence-corrected chi connectivity index (χ1v) is 7.54. The minimum absolute atomic E-state index is 0.0358. The van der Waals surface area contributed by atoms with E-state index in [1.807, 2.05) is 4.90 Å². The van der Waals surface area contributed by atoms with Crippen molar-refractivity contribution in [3.05, 3.63) is 34.9 Å². The zero-order chi connectivity index (χ0) is 15.1. The fraction of sp³-hybridized carbons (Fsp3) is 0.533. The predicted molar refractivity (Wildman–Crippen MR) is 81.7 cm³/mol. The first-order valence-electron chi connectivity index (χ1n) is 7.16. The third-order valence-electron chi connectivity index (χ3n) is 3.52. The van der Waals surface area contributed by atoms with Crippen LogP contribution in [0.1, 0.15) is 10.4 Å². The van der Waals surface area contributed by atoms with E-state index in [0.29, 0.717) is 36.9 Å². The summed E-state index contributed by atoms with van der Waals surface area (Å²) >= 11 is 5.92. The lowest BCUT2D eigenvalue weighted by atomic mass is 10.2. The first-order chi connectivity index (χ1) is 10.2. The number of carbonyl (C=O) groups is 1. The second-order valence-corrected chi connectivity index (χ2v) is 5.42. The average molecular weight is 313 g/mol. The molecule has 1 saturated heterocycles. The molecule has 0 saturated carbocycles. The highest BCUT2D eigenvalue weighted by atomic mass is 35.5. The van der Waals surface area contributed by atoms with Gasteiger partial charge in [0.15, 0.2) is 0 Å². The van der Waals surface area contributed by atoms with Gasteiger partial charge in [0.25, 0.3) is 5.91 Å². The molecule has 1 aliphatic rings.